The zero-order valence-electron chi connectivity index (χ0n) is 8.95. The lowest BCUT2D eigenvalue weighted by Gasteiger charge is -2.12. The summed E-state index contributed by atoms with van der Waals surface area (Å²) in [6.45, 7) is 0. The van der Waals surface area contributed by atoms with E-state index in [1.54, 1.807) is 0 Å². The van der Waals surface area contributed by atoms with Crippen molar-refractivity contribution >= 4 is 17.5 Å². The molecule has 0 bridgehead atoms. The third-order valence-corrected chi connectivity index (χ3v) is 3.00. The fraction of sp³-hybridized carbons (Fsp3) is 0.308. The number of hydrogen-bond acceptors (Lipinski definition) is 1. The van der Waals surface area contributed by atoms with Gasteiger partial charge in [0.1, 0.15) is 0 Å². The molecule has 0 saturated carbocycles. The highest BCUT2D eigenvalue weighted by Gasteiger charge is 2.14. The summed E-state index contributed by atoms with van der Waals surface area (Å²) in [6, 6.07) is 7.69. The normalized spacial score (nSPS) is 15.3. The molecule has 1 aromatic carbocycles. The van der Waals surface area contributed by atoms with Gasteiger partial charge in [0.25, 0.3) is 5.91 Å². The van der Waals surface area contributed by atoms with Crippen molar-refractivity contribution in [2.45, 2.75) is 24.8 Å². The van der Waals surface area contributed by atoms with Crippen molar-refractivity contribution in [1.82, 2.24) is 5.32 Å². The summed E-state index contributed by atoms with van der Waals surface area (Å²) in [5.41, 5.74) is 1.66. The average molecular weight is 236 g/mol. The zero-order chi connectivity index (χ0) is 11.4. The van der Waals surface area contributed by atoms with Gasteiger partial charge in [-0.15, -0.1) is 11.6 Å². The van der Waals surface area contributed by atoms with Crippen LogP contribution in [-0.4, -0.2) is 11.9 Å². The molecule has 1 aliphatic carbocycles. The van der Waals surface area contributed by atoms with Crippen LogP contribution in [0.1, 0.15) is 28.8 Å². The van der Waals surface area contributed by atoms with Gasteiger partial charge in [-0.1, -0.05) is 24.3 Å². The molecule has 1 aliphatic rings. The third-order valence-electron chi connectivity index (χ3n) is 2.69. The van der Waals surface area contributed by atoms with E-state index in [0.29, 0.717) is 11.4 Å². The quantitative estimate of drug-likeness (QED) is 0.634. The van der Waals surface area contributed by atoms with Gasteiger partial charge in [0.15, 0.2) is 0 Å². The molecule has 16 heavy (non-hydrogen) atoms. The molecule has 0 aromatic heterocycles. The number of carbonyl (C=O) groups excluding carboxylic acids is 1. The maximum absolute atomic E-state index is 11.9. The number of rotatable bonds is 3. The Morgan fingerprint density at radius 1 is 1.38 bits per heavy atom. The number of benzene rings is 1. The minimum Gasteiger partial charge on any atom is -0.349 e. The molecule has 0 atom stereocenters. The first-order valence-corrected chi connectivity index (χ1v) is 5.94. The summed E-state index contributed by atoms with van der Waals surface area (Å²) in [6.07, 6.45) is 6.06. The number of alkyl halides is 1. The van der Waals surface area contributed by atoms with Gasteiger partial charge in [-0.2, -0.15) is 0 Å². The predicted molar refractivity (Wildman–Crippen MR) is 65.6 cm³/mol. The molecule has 0 spiro atoms. The summed E-state index contributed by atoms with van der Waals surface area (Å²) in [4.78, 5) is 11.9. The monoisotopic (exact) mass is 235 g/mol. The molecule has 1 amide bonds. The Kier molecular flexibility index (Phi) is 3.62. The number of hydrogen-bond donors (Lipinski definition) is 1. The van der Waals surface area contributed by atoms with Crippen LogP contribution in [0, 0.1) is 0 Å². The van der Waals surface area contributed by atoms with Crippen molar-refractivity contribution in [3.63, 3.8) is 0 Å². The van der Waals surface area contributed by atoms with E-state index in [9.17, 15) is 4.79 Å². The fourth-order valence-electron chi connectivity index (χ4n) is 1.80. The maximum atomic E-state index is 11.9. The lowest BCUT2D eigenvalue weighted by Crippen LogP contribution is -2.32. The SMILES string of the molecule is O=C(NC1CC=CC1)c1cccc(CCl)c1. The Morgan fingerprint density at radius 2 is 2.12 bits per heavy atom. The fourth-order valence-corrected chi connectivity index (χ4v) is 1.97. The van der Waals surface area contributed by atoms with Gasteiger partial charge in [0, 0.05) is 17.5 Å². The summed E-state index contributed by atoms with van der Waals surface area (Å²) in [7, 11) is 0. The van der Waals surface area contributed by atoms with Gasteiger partial charge in [-0.25, -0.2) is 0 Å². The molecule has 1 N–H and O–H groups in total. The Balaban J connectivity index is 2.02. The molecule has 0 radical (unpaired) electrons. The minimum atomic E-state index is -0.0133. The molecule has 2 rings (SSSR count). The Bertz CT molecular complexity index is 406. The van der Waals surface area contributed by atoms with Crippen LogP contribution in [0.4, 0.5) is 0 Å². The van der Waals surface area contributed by atoms with E-state index in [1.807, 2.05) is 24.3 Å². The minimum absolute atomic E-state index is 0.0133. The van der Waals surface area contributed by atoms with Crippen molar-refractivity contribution in [2.24, 2.45) is 0 Å². The Labute approximate surface area is 100 Å². The summed E-state index contributed by atoms with van der Waals surface area (Å²) < 4.78 is 0. The van der Waals surface area contributed by atoms with Crippen LogP contribution in [0.2, 0.25) is 0 Å². The summed E-state index contributed by atoms with van der Waals surface area (Å²) in [5.74, 6) is 0.423. The van der Waals surface area contributed by atoms with Crippen molar-refractivity contribution in [3.8, 4) is 0 Å². The lowest BCUT2D eigenvalue weighted by molar-refractivity contribution is 0.0939. The molecular formula is C13H14ClNO. The topological polar surface area (TPSA) is 29.1 Å². The van der Waals surface area contributed by atoms with E-state index in [1.165, 1.54) is 0 Å². The maximum Gasteiger partial charge on any atom is 0.251 e. The van der Waals surface area contributed by atoms with E-state index in [4.69, 9.17) is 11.6 Å². The summed E-state index contributed by atoms with van der Waals surface area (Å²) in [5, 5.41) is 3.00. The van der Waals surface area contributed by atoms with E-state index in [2.05, 4.69) is 17.5 Å². The van der Waals surface area contributed by atoms with Gasteiger partial charge in [-0.05, 0) is 30.5 Å². The van der Waals surface area contributed by atoms with Crippen molar-refractivity contribution in [3.05, 3.63) is 47.5 Å². The largest absolute Gasteiger partial charge is 0.349 e. The second kappa shape index (κ2) is 5.17. The molecule has 0 saturated heterocycles. The van der Waals surface area contributed by atoms with Crippen molar-refractivity contribution in [1.29, 1.82) is 0 Å². The van der Waals surface area contributed by atoms with Crippen LogP contribution in [0.3, 0.4) is 0 Å². The molecule has 0 fully saturated rings. The van der Waals surface area contributed by atoms with Crippen molar-refractivity contribution < 1.29 is 4.79 Å². The highest BCUT2D eigenvalue weighted by molar-refractivity contribution is 6.17. The highest BCUT2D eigenvalue weighted by atomic mass is 35.5. The highest BCUT2D eigenvalue weighted by Crippen LogP contribution is 2.12. The standard InChI is InChI=1S/C13H14ClNO/c14-9-10-4-3-5-11(8-10)13(16)15-12-6-1-2-7-12/h1-5,8,12H,6-7,9H2,(H,15,16). The second-order valence-electron chi connectivity index (χ2n) is 3.95. The van der Waals surface area contributed by atoms with E-state index < -0.39 is 0 Å². The van der Waals surface area contributed by atoms with Crippen LogP contribution < -0.4 is 5.32 Å². The second-order valence-corrected chi connectivity index (χ2v) is 4.21. The molecular weight excluding hydrogens is 222 g/mol. The van der Waals surface area contributed by atoms with Crippen LogP contribution in [0.25, 0.3) is 0 Å². The van der Waals surface area contributed by atoms with Crippen molar-refractivity contribution in [2.75, 3.05) is 0 Å². The smallest absolute Gasteiger partial charge is 0.251 e. The van der Waals surface area contributed by atoms with Gasteiger partial charge >= 0.3 is 0 Å². The van der Waals surface area contributed by atoms with E-state index >= 15 is 0 Å². The number of carbonyl (C=O) groups is 1. The Morgan fingerprint density at radius 3 is 2.81 bits per heavy atom. The van der Waals surface area contributed by atoms with Crippen LogP contribution in [0.5, 0.6) is 0 Å². The molecule has 0 unspecified atom stereocenters. The van der Waals surface area contributed by atoms with E-state index in [-0.39, 0.29) is 11.9 Å². The van der Waals surface area contributed by atoms with Gasteiger partial charge in [-0.3, -0.25) is 4.79 Å². The lowest BCUT2D eigenvalue weighted by atomic mass is 10.1. The molecule has 3 heteroatoms. The number of nitrogens with one attached hydrogen (secondary N) is 1. The third kappa shape index (κ3) is 2.64. The first kappa shape index (κ1) is 11.2. The Hall–Kier alpha value is -1.28. The first-order chi connectivity index (χ1) is 7.79. The van der Waals surface area contributed by atoms with Crippen LogP contribution in [0.15, 0.2) is 36.4 Å². The van der Waals surface area contributed by atoms with Gasteiger partial charge in [0.2, 0.25) is 0 Å². The van der Waals surface area contributed by atoms with E-state index in [0.717, 1.165) is 18.4 Å². The van der Waals surface area contributed by atoms with Crippen LogP contribution in [-0.2, 0) is 5.88 Å². The summed E-state index contributed by atoms with van der Waals surface area (Å²) >= 11 is 5.73. The molecule has 2 nitrogen and oxygen atoms in total. The average Bonchev–Trinajstić information content (AvgIpc) is 2.82. The first-order valence-electron chi connectivity index (χ1n) is 5.40. The molecule has 0 heterocycles. The molecule has 84 valence electrons. The van der Waals surface area contributed by atoms with Gasteiger partial charge < -0.3 is 5.32 Å². The van der Waals surface area contributed by atoms with Gasteiger partial charge in [0.05, 0.1) is 0 Å². The van der Waals surface area contributed by atoms with Crippen LogP contribution >= 0.6 is 11.6 Å². The number of halogens is 1. The number of amides is 1. The molecule has 0 aliphatic heterocycles. The zero-order valence-corrected chi connectivity index (χ0v) is 9.70. The predicted octanol–water partition coefficient (Wildman–Crippen LogP) is 2.87. The molecule has 1 aromatic rings.